The van der Waals surface area contributed by atoms with Gasteiger partial charge in [0.05, 0.1) is 5.69 Å². The monoisotopic (exact) mass is 514 g/mol. The Bertz CT molecular complexity index is 1260. The molecule has 2 fully saturated rings. The van der Waals surface area contributed by atoms with E-state index in [1.54, 1.807) is 0 Å². The summed E-state index contributed by atoms with van der Waals surface area (Å²) in [7, 11) is 0. The van der Waals surface area contributed by atoms with Crippen LogP contribution in [0.2, 0.25) is 5.02 Å². The predicted molar refractivity (Wildman–Crippen MR) is 130 cm³/mol. The maximum absolute atomic E-state index is 13.4. The zero-order chi connectivity index (χ0) is 25.2. The highest BCUT2D eigenvalue weighted by atomic mass is 35.5. The van der Waals surface area contributed by atoms with E-state index in [1.165, 1.54) is 31.0 Å². The number of ketones is 1. The summed E-state index contributed by atoms with van der Waals surface area (Å²) in [4.78, 5) is 24.4. The molecule has 0 spiro atoms. The van der Waals surface area contributed by atoms with Gasteiger partial charge < -0.3 is 14.2 Å². The van der Waals surface area contributed by atoms with Crippen molar-refractivity contribution in [1.82, 2.24) is 10.3 Å². The normalized spacial score (nSPS) is 16.9. The zero-order valence-electron chi connectivity index (χ0n) is 19.8. The van der Waals surface area contributed by atoms with Gasteiger partial charge in [0.1, 0.15) is 17.4 Å². The Morgan fingerprint density at radius 2 is 1.86 bits per heavy atom. The van der Waals surface area contributed by atoms with E-state index >= 15 is 0 Å². The second-order valence-electron chi connectivity index (χ2n) is 9.97. The standard InChI is InChI=1S/C27H28ClFN2O5/c28-21-13-19(29)9-7-17(21)11-20(32)12-18(8-10-24(33)34)26-25(16-5-6-16)27(36-31-26)22-14-23(35-30-22)15-3-1-2-4-15/h7,9,13-16,18H,1-6,8,10-12H2,(H,33,34)/t18-/m0/s1. The summed E-state index contributed by atoms with van der Waals surface area (Å²) in [6.45, 7) is 0. The lowest BCUT2D eigenvalue weighted by Crippen LogP contribution is -2.13. The molecule has 0 bridgehead atoms. The van der Waals surface area contributed by atoms with E-state index < -0.39 is 17.7 Å². The summed E-state index contributed by atoms with van der Waals surface area (Å²) in [6, 6.07) is 5.88. The van der Waals surface area contributed by atoms with E-state index in [0.29, 0.717) is 28.6 Å². The van der Waals surface area contributed by atoms with Gasteiger partial charge >= 0.3 is 5.97 Å². The third-order valence-corrected chi connectivity index (χ3v) is 7.58. The van der Waals surface area contributed by atoms with E-state index in [9.17, 15) is 19.1 Å². The lowest BCUT2D eigenvalue weighted by Gasteiger charge is -2.15. The molecule has 2 heterocycles. The van der Waals surface area contributed by atoms with Crippen LogP contribution in [-0.4, -0.2) is 27.2 Å². The van der Waals surface area contributed by atoms with E-state index in [0.717, 1.165) is 37.0 Å². The van der Waals surface area contributed by atoms with Gasteiger partial charge in [-0.25, -0.2) is 4.39 Å². The highest BCUT2D eigenvalue weighted by molar-refractivity contribution is 6.31. The number of rotatable bonds is 11. The number of halogens is 2. The van der Waals surface area contributed by atoms with Gasteiger partial charge in [-0.1, -0.05) is 40.8 Å². The summed E-state index contributed by atoms with van der Waals surface area (Å²) >= 11 is 6.11. The Morgan fingerprint density at radius 3 is 2.56 bits per heavy atom. The van der Waals surface area contributed by atoms with Crippen molar-refractivity contribution in [3.05, 3.63) is 57.7 Å². The van der Waals surface area contributed by atoms with Crippen LogP contribution in [0.5, 0.6) is 0 Å². The van der Waals surface area contributed by atoms with Gasteiger partial charge in [0, 0.05) is 47.8 Å². The summed E-state index contributed by atoms with van der Waals surface area (Å²) in [6.07, 6.45) is 6.74. The first-order valence-electron chi connectivity index (χ1n) is 12.5. The predicted octanol–water partition coefficient (Wildman–Crippen LogP) is 6.81. The third-order valence-electron chi connectivity index (χ3n) is 7.23. The number of nitrogens with zero attached hydrogens (tertiary/aromatic N) is 2. The van der Waals surface area contributed by atoms with E-state index in [4.69, 9.17) is 20.6 Å². The first-order valence-corrected chi connectivity index (χ1v) is 12.9. The van der Waals surface area contributed by atoms with Crippen molar-refractivity contribution in [3.8, 4) is 11.5 Å². The van der Waals surface area contributed by atoms with Gasteiger partial charge in [-0.2, -0.15) is 0 Å². The van der Waals surface area contributed by atoms with Crippen molar-refractivity contribution >= 4 is 23.4 Å². The van der Waals surface area contributed by atoms with E-state index in [2.05, 4.69) is 10.3 Å². The van der Waals surface area contributed by atoms with E-state index in [1.807, 2.05) is 6.07 Å². The Balaban J connectivity index is 1.41. The first kappa shape index (κ1) is 24.7. The molecule has 0 radical (unpaired) electrons. The van der Waals surface area contributed by atoms with Crippen LogP contribution in [0.25, 0.3) is 11.5 Å². The SMILES string of the molecule is O=C(O)CC[C@@H](CC(=O)Cc1ccc(F)cc1Cl)c1noc(-c2cc(C3CCCC3)on2)c1C1CC1. The average Bonchev–Trinajstić information content (AvgIpc) is 3.22. The maximum atomic E-state index is 13.4. The highest BCUT2D eigenvalue weighted by Gasteiger charge is 2.37. The van der Waals surface area contributed by atoms with Crippen LogP contribution in [0.3, 0.4) is 0 Å². The number of carbonyl (C=O) groups is 2. The smallest absolute Gasteiger partial charge is 0.303 e. The average molecular weight is 515 g/mol. The Hall–Kier alpha value is -3.00. The molecule has 2 saturated carbocycles. The van der Waals surface area contributed by atoms with Crippen LogP contribution in [0.4, 0.5) is 4.39 Å². The van der Waals surface area contributed by atoms with Gasteiger partial charge in [0.2, 0.25) is 0 Å². The van der Waals surface area contributed by atoms with Crippen LogP contribution in [0.15, 0.2) is 33.3 Å². The number of carboxylic acid groups (broad SMARTS) is 1. The molecule has 2 aliphatic rings. The molecule has 1 aromatic carbocycles. The molecular weight excluding hydrogens is 487 g/mol. The van der Waals surface area contributed by atoms with Crippen LogP contribution >= 0.6 is 11.6 Å². The summed E-state index contributed by atoms with van der Waals surface area (Å²) < 4.78 is 24.8. The molecule has 9 heteroatoms. The van der Waals surface area contributed by atoms with Crippen LogP contribution in [-0.2, 0) is 16.0 Å². The molecule has 2 aromatic heterocycles. The molecule has 36 heavy (non-hydrogen) atoms. The summed E-state index contributed by atoms with van der Waals surface area (Å²) in [5.74, 6) is 0.0503. The maximum Gasteiger partial charge on any atom is 0.303 e. The molecule has 7 nitrogen and oxygen atoms in total. The van der Waals surface area contributed by atoms with Gasteiger partial charge in [0.15, 0.2) is 11.5 Å². The topological polar surface area (TPSA) is 106 Å². The summed E-state index contributed by atoms with van der Waals surface area (Å²) in [5, 5.41) is 18.1. The highest BCUT2D eigenvalue weighted by Crippen LogP contribution is 2.49. The molecule has 3 aromatic rings. The molecule has 190 valence electrons. The molecular formula is C27H28ClFN2O5. The van der Waals surface area contributed by atoms with Crippen molar-refractivity contribution in [2.45, 2.75) is 82.0 Å². The fourth-order valence-corrected chi connectivity index (χ4v) is 5.45. The van der Waals surface area contributed by atoms with Crippen LogP contribution < -0.4 is 0 Å². The molecule has 0 amide bonds. The van der Waals surface area contributed by atoms with Gasteiger partial charge in [-0.3, -0.25) is 9.59 Å². The number of aromatic nitrogens is 2. The minimum absolute atomic E-state index is 0.0280. The molecule has 2 aliphatic carbocycles. The number of carboxylic acids is 1. The number of hydrogen-bond acceptors (Lipinski definition) is 6. The fourth-order valence-electron chi connectivity index (χ4n) is 5.21. The lowest BCUT2D eigenvalue weighted by molar-refractivity contribution is -0.137. The minimum atomic E-state index is -0.941. The van der Waals surface area contributed by atoms with Crippen LogP contribution in [0.1, 0.15) is 98.1 Å². The van der Waals surface area contributed by atoms with Gasteiger partial charge in [0.25, 0.3) is 0 Å². The number of benzene rings is 1. The number of Topliss-reactive ketones (excluding diaryl/α,β-unsaturated/α-hetero) is 1. The molecule has 1 N–H and O–H groups in total. The lowest BCUT2D eigenvalue weighted by atomic mass is 9.87. The third kappa shape index (κ3) is 5.53. The van der Waals surface area contributed by atoms with Crippen molar-refractivity contribution in [1.29, 1.82) is 0 Å². The quantitative estimate of drug-likeness (QED) is 0.299. The Labute approximate surface area is 213 Å². The second kappa shape index (κ2) is 10.5. The van der Waals surface area contributed by atoms with E-state index in [-0.39, 0.29) is 42.4 Å². The van der Waals surface area contributed by atoms with Gasteiger partial charge in [-0.15, -0.1) is 0 Å². The Morgan fingerprint density at radius 1 is 1.08 bits per heavy atom. The summed E-state index contributed by atoms with van der Waals surface area (Å²) in [5.41, 5.74) is 2.66. The van der Waals surface area contributed by atoms with Gasteiger partial charge in [-0.05, 0) is 55.7 Å². The van der Waals surface area contributed by atoms with Crippen LogP contribution in [0, 0.1) is 5.82 Å². The molecule has 0 aliphatic heterocycles. The largest absolute Gasteiger partial charge is 0.481 e. The minimum Gasteiger partial charge on any atom is -0.481 e. The fraction of sp³-hybridized carbons (Fsp3) is 0.481. The molecule has 0 saturated heterocycles. The zero-order valence-corrected chi connectivity index (χ0v) is 20.6. The van der Waals surface area contributed by atoms with Crippen molar-refractivity contribution < 1.29 is 28.1 Å². The first-order chi connectivity index (χ1) is 17.4. The Kier molecular flexibility index (Phi) is 7.23. The molecule has 1 atom stereocenters. The van der Waals surface area contributed by atoms with Crippen molar-refractivity contribution in [2.24, 2.45) is 0 Å². The second-order valence-corrected chi connectivity index (χ2v) is 10.4. The molecule has 5 rings (SSSR count). The van der Waals surface area contributed by atoms with Crippen molar-refractivity contribution in [3.63, 3.8) is 0 Å². The number of carbonyl (C=O) groups excluding carboxylic acids is 1. The number of hydrogen-bond donors (Lipinski definition) is 1. The van der Waals surface area contributed by atoms with Crippen molar-refractivity contribution in [2.75, 3.05) is 0 Å². The number of aliphatic carboxylic acids is 1. The molecule has 0 unspecified atom stereocenters.